The lowest BCUT2D eigenvalue weighted by Crippen LogP contribution is -2.34. The molecule has 3 rings (SSSR count). The largest absolute Gasteiger partial charge is 0.459 e. The van der Waals surface area contributed by atoms with Gasteiger partial charge in [0.05, 0.1) is 6.26 Å². The molecule has 0 bridgehead atoms. The van der Waals surface area contributed by atoms with Crippen LogP contribution in [0.2, 0.25) is 0 Å². The summed E-state index contributed by atoms with van der Waals surface area (Å²) in [5.41, 5.74) is 2.63. The second-order valence-corrected chi connectivity index (χ2v) is 6.39. The predicted molar refractivity (Wildman–Crippen MR) is 109 cm³/mol. The van der Waals surface area contributed by atoms with Crippen molar-refractivity contribution in [1.29, 1.82) is 0 Å². The molecule has 0 atom stereocenters. The van der Waals surface area contributed by atoms with Crippen LogP contribution < -0.4 is 16.0 Å². The number of aryl methyl sites for hydroxylation is 1. The summed E-state index contributed by atoms with van der Waals surface area (Å²) in [5, 5.41) is 8.17. The Morgan fingerprint density at radius 2 is 1.52 bits per heavy atom. The monoisotopic (exact) mass is 391 g/mol. The van der Waals surface area contributed by atoms with Crippen molar-refractivity contribution in [2.75, 3.05) is 18.4 Å². The van der Waals surface area contributed by atoms with Crippen LogP contribution in [0.4, 0.5) is 5.69 Å². The van der Waals surface area contributed by atoms with E-state index >= 15 is 0 Å². The van der Waals surface area contributed by atoms with E-state index in [-0.39, 0.29) is 36.6 Å². The lowest BCUT2D eigenvalue weighted by Gasteiger charge is -2.08. The van der Waals surface area contributed by atoms with Crippen LogP contribution in [0, 0.1) is 6.92 Å². The minimum atomic E-state index is -0.335. The highest BCUT2D eigenvalue weighted by molar-refractivity contribution is 6.04. The summed E-state index contributed by atoms with van der Waals surface area (Å²) in [4.78, 5) is 36.2. The van der Waals surface area contributed by atoms with E-state index in [1.807, 2.05) is 25.1 Å². The van der Waals surface area contributed by atoms with Crippen molar-refractivity contribution in [3.8, 4) is 0 Å². The molecule has 0 aliphatic rings. The van der Waals surface area contributed by atoms with Crippen LogP contribution in [0.5, 0.6) is 0 Å². The van der Waals surface area contributed by atoms with E-state index in [1.54, 1.807) is 42.5 Å². The molecule has 0 unspecified atom stereocenters. The molecule has 3 amide bonds. The zero-order chi connectivity index (χ0) is 20.6. The van der Waals surface area contributed by atoms with Gasteiger partial charge in [0.15, 0.2) is 5.76 Å². The first-order valence-corrected chi connectivity index (χ1v) is 9.11. The fourth-order valence-electron chi connectivity index (χ4n) is 2.64. The van der Waals surface area contributed by atoms with E-state index in [9.17, 15) is 14.4 Å². The predicted octanol–water partition coefficient (Wildman–Crippen LogP) is 3.00. The Kier molecular flexibility index (Phi) is 6.42. The molecule has 3 aromatic rings. The third kappa shape index (κ3) is 5.55. The molecule has 0 saturated carbocycles. The van der Waals surface area contributed by atoms with Gasteiger partial charge in [-0.05, 0) is 55.5 Å². The lowest BCUT2D eigenvalue weighted by molar-refractivity contribution is 0.0910. The molecule has 1 aromatic heterocycles. The maximum absolute atomic E-state index is 12.3. The molecule has 1 heterocycles. The summed E-state index contributed by atoms with van der Waals surface area (Å²) in [7, 11) is 0. The minimum Gasteiger partial charge on any atom is -0.459 e. The second-order valence-electron chi connectivity index (χ2n) is 6.39. The van der Waals surface area contributed by atoms with Crippen LogP contribution in [0.15, 0.2) is 71.3 Å². The first-order chi connectivity index (χ1) is 14.0. The van der Waals surface area contributed by atoms with Gasteiger partial charge in [0.2, 0.25) is 0 Å². The smallest absolute Gasteiger partial charge is 0.287 e. The number of nitrogens with one attached hydrogen (secondary N) is 3. The third-order valence-corrected chi connectivity index (χ3v) is 4.13. The summed E-state index contributed by atoms with van der Waals surface area (Å²) in [6.45, 7) is 2.47. The molecule has 0 aliphatic heterocycles. The van der Waals surface area contributed by atoms with Crippen molar-refractivity contribution in [3.05, 3.63) is 89.4 Å². The number of benzene rings is 2. The van der Waals surface area contributed by atoms with Gasteiger partial charge >= 0.3 is 0 Å². The molecule has 0 saturated heterocycles. The summed E-state index contributed by atoms with van der Waals surface area (Å²) >= 11 is 0. The molecule has 3 N–H and O–H groups in total. The van der Waals surface area contributed by atoms with Crippen molar-refractivity contribution in [3.63, 3.8) is 0 Å². The van der Waals surface area contributed by atoms with Crippen molar-refractivity contribution < 1.29 is 18.8 Å². The van der Waals surface area contributed by atoms with Crippen LogP contribution >= 0.6 is 0 Å². The average molecular weight is 391 g/mol. The Bertz CT molecular complexity index is 995. The Morgan fingerprint density at radius 1 is 0.793 bits per heavy atom. The minimum absolute atomic E-state index is 0.210. The van der Waals surface area contributed by atoms with E-state index < -0.39 is 0 Å². The number of rotatable bonds is 7. The molecular weight excluding hydrogens is 370 g/mol. The number of anilines is 1. The van der Waals surface area contributed by atoms with Crippen molar-refractivity contribution in [1.82, 2.24) is 10.6 Å². The van der Waals surface area contributed by atoms with Gasteiger partial charge in [-0.25, -0.2) is 0 Å². The molecule has 0 spiro atoms. The van der Waals surface area contributed by atoms with Gasteiger partial charge in [-0.15, -0.1) is 0 Å². The Hall–Kier alpha value is -3.87. The van der Waals surface area contributed by atoms with Crippen molar-refractivity contribution in [2.24, 2.45) is 0 Å². The van der Waals surface area contributed by atoms with Crippen molar-refractivity contribution in [2.45, 2.75) is 6.92 Å². The number of furan rings is 1. The second kappa shape index (κ2) is 9.36. The van der Waals surface area contributed by atoms with Crippen LogP contribution in [-0.4, -0.2) is 30.8 Å². The van der Waals surface area contributed by atoms with Gasteiger partial charge in [0, 0.05) is 29.9 Å². The quantitative estimate of drug-likeness (QED) is 0.539. The van der Waals surface area contributed by atoms with Crippen LogP contribution in [0.1, 0.15) is 36.8 Å². The number of amides is 3. The Morgan fingerprint density at radius 3 is 2.17 bits per heavy atom. The van der Waals surface area contributed by atoms with Gasteiger partial charge < -0.3 is 20.4 Å². The van der Waals surface area contributed by atoms with E-state index in [4.69, 9.17) is 4.42 Å². The first kappa shape index (κ1) is 19.9. The highest BCUT2D eigenvalue weighted by atomic mass is 16.3. The third-order valence-electron chi connectivity index (χ3n) is 4.13. The zero-order valence-electron chi connectivity index (χ0n) is 15.9. The summed E-state index contributed by atoms with van der Waals surface area (Å²) in [6, 6.07) is 17.1. The molecule has 0 radical (unpaired) electrons. The molecule has 0 aliphatic carbocycles. The van der Waals surface area contributed by atoms with Gasteiger partial charge in [0.25, 0.3) is 17.7 Å². The zero-order valence-corrected chi connectivity index (χ0v) is 15.9. The SMILES string of the molecule is Cc1cccc(C(=O)Nc2ccc(C(=O)NCCNC(=O)c3ccco3)cc2)c1. The maximum atomic E-state index is 12.3. The highest BCUT2D eigenvalue weighted by Crippen LogP contribution is 2.12. The summed E-state index contributed by atoms with van der Waals surface area (Å²) in [5.74, 6) is -0.593. The van der Waals surface area contributed by atoms with Crippen LogP contribution in [0.3, 0.4) is 0 Å². The lowest BCUT2D eigenvalue weighted by atomic mass is 10.1. The molecule has 29 heavy (non-hydrogen) atoms. The normalized spacial score (nSPS) is 10.2. The molecule has 7 heteroatoms. The number of carbonyl (C=O) groups excluding carboxylic acids is 3. The van der Waals surface area contributed by atoms with Gasteiger partial charge in [0.1, 0.15) is 0 Å². The average Bonchev–Trinajstić information content (AvgIpc) is 3.26. The number of carbonyl (C=O) groups is 3. The fourth-order valence-corrected chi connectivity index (χ4v) is 2.64. The highest BCUT2D eigenvalue weighted by Gasteiger charge is 2.10. The summed E-state index contributed by atoms with van der Waals surface area (Å²) in [6.07, 6.45) is 1.42. The molecule has 148 valence electrons. The van der Waals surface area contributed by atoms with E-state index in [1.165, 1.54) is 6.26 Å². The van der Waals surface area contributed by atoms with Crippen LogP contribution in [0.25, 0.3) is 0 Å². The summed E-state index contributed by atoms with van der Waals surface area (Å²) < 4.78 is 4.99. The topological polar surface area (TPSA) is 100 Å². The Labute approximate surface area is 168 Å². The van der Waals surface area contributed by atoms with Gasteiger partial charge in [-0.3, -0.25) is 14.4 Å². The fraction of sp³-hybridized carbons (Fsp3) is 0.136. The van der Waals surface area contributed by atoms with E-state index in [0.29, 0.717) is 16.8 Å². The van der Waals surface area contributed by atoms with Crippen molar-refractivity contribution >= 4 is 23.4 Å². The maximum Gasteiger partial charge on any atom is 0.287 e. The Balaban J connectivity index is 1.46. The van der Waals surface area contributed by atoms with Gasteiger partial charge in [-0.1, -0.05) is 17.7 Å². The molecular formula is C22H21N3O4. The molecule has 7 nitrogen and oxygen atoms in total. The first-order valence-electron chi connectivity index (χ1n) is 9.11. The molecule has 2 aromatic carbocycles. The standard InChI is InChI=1S/C22H21N3O4/c1-15-4-2-5-17(14-15)21(27)25-18-9-7-16(8-10-18)20(26)23-11-12-24-22(28)19-6-3-13-29-19/h2-10,13-14H,11-12H2,1H3,(H,23,26)(H,24,28)(H,25,27). The molecule has 0 fully saturated rings. The van der Waals surface area contributed by atoms with Gasteiger partial charge in [-0.2, -0.15) is 0 Å². The van der Waals surface area contributed by atoms with E-state index in [0.717, 1.165) is 5.56 Å². The van der Waals surface area contributed by atoms with Crippen LogP contribution in [-0.2, 0) is 0 Å². The number of hydrogen-bond acceptors (Lipinski definition) is 4. The number of hydrogen-bond donors (Lipinski definition) is 3. The van der Waals surface area contributed by atoms with E-state index in [2.05, 4.69) is 16.0 Å².